The van der Waals surface area contributed by atoms with Gasteiger partial charge in [0.05, 0.1) is 13.7 Å². The summed E-state index contributed by atoms with van der Waals surface area (Å²) in [5.74, 6) is 3.02. The minimum Gasteiger partial charge on any atom is -0.497 e. The van der Waals surface area contributed by atoms with Gasteiger partial charge in [-0.05, 0) is 62.9 Å². The number of nitrogens with zero attached hydrogens (tertiary/aromatic N) is 3. The Morgan fingerprint density at radius 1 is 1.04 bits per heavy atom. The number of rotatable bonds is 6. The highest BCUT2D eigenvalue weighted by Crippen LogP contribution is 2.24. The standard InChI is InChI=1S/C23H27N3O2/c1-17-3-7-20(8-4-17)23-24-22(28-25-23)16-26-13-11-19(12-14-26)15-18-5-9-21(27-2)10-6-18/h3-10,19H,11-16H2,1-2H3. The number of likely N-dealkylation sites (tertiary alicyclic amines) is 1. The molecule has 0 amide bonds. The second kappa shape index (κ2) is 8.57. The molecule has 0 spiro atoms. The summed E-state index contributed by atoms with van der Waals surface area (Å²) in [7, 11) is 1.71. The number of benzene rings is 2. The van der Waals surface area contributed by atoms with Crippen LogP contribution in [0.15, 0.2) is 53.1 Å². The molecule has 1 aromatic heterocycles. The van der Waals surface area contributed by atoms with Gasteiger partial charge in [-0.3, -0.25) is 4.90 Å². The van der Waals surface area contributed by atoms with E-state index in [0.29, 0.717) is 11.7 Å². The number of ether oxygens (including phenoxy) is 1. The van der Waals surface area contributed by atoms with Crippen molar-refractivity contribution in [3.63, 3.8) is 0 Å². The lowest BCUT2D eigenvalue weighted by molar-refractivity contribution is 0.159. The maximum Gasteiger partial charge on any atom is 0.241 e. The Kier molecular flexibility index (Phi) is 5.72. The fourth-order valence-electron chi connectivity index (χ4n) is 3.77. The highest BCUT2D eigenvalue weighted by Gasteiger charge is 2.21. The third-order valence-electron chi connectivity index (χ3n) is 5.53. The molecule has 5 nitrogen and oxygen atoms in total. The van der Waals surface area contributed by atoms with Gasteiger partial charge < -0.3 is 9.26 Å². The Labute approximate surface area is 166 Å². The van der Waals surface area contributed by atoms with Gasteiger partial charge in [0.2, 0.25) is 11.7 Å². The summed E-state index contributed by atoms with van der Waals surface area (Å²) in [4.78, 5) is 6.99. The summed E-state index contributed by atoms with van der Waals surface area (Å²) in [5, 5.41) is 4.14. The van der Waals surface area contributed by atoms with E-state index in [0.717, 1.165) is 43.3 Å². The molecule has 2 heterocycles. The van der Waals surface area contributed by atoms with Crippen molar-refractivity contribution in [2.24, 2.45) is 5.92 Å². The van der Waals surface area contributed by atoms with Crippen LogP contribution in [0.4, 0.5) is 0 Å². The molecule has 0 unspecified atom stereocenters. The van der Waals surface area contributed by atoms with Crippen molar-refractivity contribution in [1.82, 2.24) is 15.0 Å². The minimum atomic E-state index is 0.671. The van der Waals surface area contributed by atoms with Crippen molar-refractivity contribution in [2.45, 2.75) is 32.7 Å². The molecule has 0 aliphatic carbocycles. The van der Waals surface area contributed by atoms with Crippen LogP contribution in [0.5, 0.6) is 5.75 Å². The van der Waals surface area contributed by atoms with Gasteiger partial charge >= 0.3 is 0 Å². The predicted molar refractivity (Wildman–Crippen MR) is 109 cm³/mol. The van der Waals surface area contributed by atoms with Gasteiger partial charge in [-0.15, -0.1) is 0 Å². The fraction of sp³-hybridized carbons (Fsp3) is 0.391. The lowest BCUT2D eigenvalue weighted by Gasteiger charge is -2.31. The summed E-state index contributed by atoms with van der Waals surface area (Å²) >= 11 is 0. The van der Waals surface area contributed by atoms with Gasteiger partial charge in [0, 0.05) is 5.56 Å². The van der Waals surface area contributed by atoms with Crippen molar-refractivity contribution >= 4 is 0 Å². The Balaban J connectivity index is 1.28. The average Bonchev–Trinajstić information content (AvgIpc) is 3.19. The zero-order valence-electron chi connectivity index (χ0n) is 16.6. The van der Waals surface area contributed by atoms with E-state index in [9.17, 15) is 0 Å². The second-order valence-electron chi connectivity index (χ2n) is 7.65. The highest BCUT2D eigenvalue weighted by atomic mass is 16.5. The maximum atomic E-state index is 5.48. The van der Waals surface area contributed by atoms with Crippen molar-refractivity contribution in [1.29, 1.82) is 0 Å². The molecule has 4 rings (SSSR count). The summed E-state index contributed by atoms with van der Waals surface area (Å²) in [6.45, 7) is 4.95. The van der Waals surface area contributed by atoms with Crippen LogP contribution in [0.25, 0.3) is 11.4 Å². The number of aryl methyl sites for hydroxylation is 1. The zero-order valence-corrected chi connectivity index (χ0v) is 16.6. The number of aromatic nitrogens is 2. The van der Waals surface area contributed by atoms with Gasteiger partial charge in [0.15, 0.2) is 0 Å². The molecular weight excluding hydrogens is 350 g/mol. The largest absolute Gasteiger partial charge is 0.497 e. The lowest BCUT2D eigenvalue weighted by atomic mass is 9.90. The first-order valence-electron chi connectivity index (χ1n) is 9.94. The van der Waals surface area contributed by atoms with Gasteiger partial charge in [-0.2, -0.15) is 4.98 Å². The molecule has 1 saturated heterocycles. The number of piperidine rings is 1. The lowest BCUT2D eigenvalue weighted by Crippen LogP contribution is -2.33. The fourth-order valence-corrected chi connectivity index (χ4v) is 3.77. The van der Waals surface area contributed by atoms with Gasteiger partial charge in [-0.25, -0.2) is 0 Å². The van der Waals surface area contributed by atoms with Crippen LogP contribution in [0.1, 0.15) is 29.9 Å². The van der Waals surface area contributed by atoms with E-state index >= 15 is 0 Å². The molecule has 28 heavy (non-hydrogen) atoms. The molecule has 146 valence electrons. The van der Waals surface area contributed by atoms with Crippen LogP contribution in [-0.4, -0.2) is 35.2 Å². The molecule has 0 saturated carbocycles. The topological polar surface area (TPSA) is 51.4 Å². The van der Waals surface area contributed by atoms with Crippen LogP contribution in [0.3, 0.4) is 0 Å². The van der Waals surface area contributed by atoms with E-state index in [-0.39, 0.29) is 0 Å². The van der Waals surface area contributed by atoms with E-state index in [1.165, 1.54) is 24.0 Å². The smallest absolute Gasteiger partial charge is 0.241 e. The third-order valence-corrected chi connectivity index (χ3v) is 5.53. The first-order valence-corrected chi connectivity index (χ1v) is 9.94. The second-order valence-corrected chi connectivity index (χ2v) is 7.65. The van der Waals surface area contributed by atoms with Crippen molar-refractivity contribution < 1.29 is 9.26 Å². The quantitative estimate of drug-likeness (QED) is 0.633. The van der Waals surface area contributed by atoms with E-state index < -0.39 is 0 Å². The van der Waals surface area contributed by atoms with E-state index in [4.69, 9.17) is 9.26 Å². The van der Waals surface area contributed by atoms with E-state index in [1.807, 2.05) is 24.3 Å². The van der Waals surface area contributed by atoms with Crippen LogP contribution >= 0.6 is 0 Å². The van der Waals surface area contributed by atoms with Crippen LogP contribution in [-0.2, 0) is 13.0 Å². The average molecular weight is 377 g/mol. The molecule has 1 aliphatic heterocycles. The normalized spacial score (nSPS) is 15.6. The first kappa shape index (κ1) is 18.7. The Hall–Kier alpha value is -2.66. The van der Waals surface area contributed by atoms with Crippen LogP contribution < -0.4 is 4.74 Å². The Morgan fingerprint density at radius 3 is 2.43 bits per heavy atom. The first-order chi connectivity index (χ1) is 13.7. The third kappa shape index (κ3) is 4.60. The van der Waals surface area contributed by atoms with Gasteiger partial charge in [-0.1, -0.05) is 47.1 Å². The molecule has 1 fully saturated rings. The minimum absolute atomic E-state index is 0.671. The van der Waals surface area contributed by atoms with Crippen molar-refractivity contribution in [3.05, 3.63) is 65.5 Å². The molecule has 0 radical (unpaired) electrons. The zero-order chi connectivity index (χ0) is 19.3. The highest BCUT2D eigenvalue weighted by molar-refractivity contribution is 5.54. The molecule has 2 aromatic carbocycles. The molecule has 1 aliphatic rings. The van der Waals surface area contributed by atoms with Crippen molar-refractivity contribution in [2.75, 3.05) is 20.2 Å². The number of methoxy groups -OCH3 is 1. The maximum absolute atomic E-state index is 5.48. The molecule has 5 heteroatoms. The van der Waals surface area contributed by atoms with Crippen LogP contribution in [0, 0.1) is 12.8 Å². The summed E-state index contributed by atoms with van der Waals surface area (Å²) < 4.78 is 10.7. The Bertz CT molecular complexity index is 879. The summed E-state index contributed by atoms with van der Waals surface area (Å²) in [6, 6.07) is 16.7. The summed E-state index contributed by atoms with van der Waals surface area (Å²) in [5.41, 5.74) is 3.61. The number of hydrogen-bond acceptors (Lipinski definition) is 5. The predicted octanol–water partition coefficient (Wildman–Crippen LogP) is 4.51. The van der Waals surface area contributed by atoms with Gasteiger partial charge in [0.25, 0.3) is 0 Å². The van der Waals surface area contributed by atoms with E-state index in [2.05, 4.69) is 46.2 Å². The SMILES string of the molecule is COc1ccc(CC2CCN(Cc3nc(-c4ccc(C)cc4)no3)CC2)cc1. The van der Waals surface area contributed by atoms with E-state index in [1.54, 1.807) is 7.11 Å². The molecule has 0 atom stereocenters. The van der Waals surface area contributed by atoms with Crippen molar-refractivity contribution in [3.8, 4) is 17.1 Å². The van der Waals surface area contributed by atoms with Gasteiger partial charge in [0.1, 0.15) is 5.75 Å². The molecule has 0 N–H and O–H groups in total. The molecule has 0 bridgehead atoms. The monoisotopic (exact) mass is 377 g/mol. The number of hydrogen-bond donors (Lipinski definition) is 0. The molecular formula is C23H27N3O2. The van der Waals surface area contributed by atoms with Crippen LogP contribution in [0.2, 0.25) is 0 Å². The summed E-state index contributed by atoms with van der Waals surface area (Å²) in [6.07, 6.45) is 3.53. The molecule has 3 aromatic rings. The Morgan fingerprint density at radius 2 is 1.75 bits per heavy atom.